The molecule has 3 nitrogen and oxygen atoms in total. The molecule has 0 aromatic heterocycles. The standard InChI is InChI=1S/C35H37F3N2O.ClH/c36-25-7-1-22(2-8-25)28-17-31(28)35(34(41)40-20-21-13-15-39-16-14-21,32-18-29(32)23-3-9-26(37)10-4-23)33-19-30(33)24-5-11-27(38)12-6-24;/h1-12,21,28-33,39H,13-20H2,(H,40,41);1H. The average Bonchev–Trinajstić information content (AvgIpc) is 3.86. The molecule has 6 unspecified atom stereocenters. The molecule has 3 aliphatic carbocycles. The van der Waals surface area contributed by atoms with Gasteiger partial charge in [-0.25, -0.2) is 13.2 Å². The summed E-state index contributed by atoms with van der Waals surface area (Å²) in [6.45, 7) is 2.63. The Bertz CT molecular complexity index is 1250. The molecule has 1 aliphatic heterocycles. The summed E-state index contributed by atoms with van der Waals surface area (Å²) in [5.74, 6) is 0.874. The highest BCUT2D eigenvalue weighted by molar-refractivity contribution is 5.86. The molecule has 0 radical (unpaired) electrons. The first kappa shape index (κ1) is 29.3. The van der Waals surface area contributed by atoms with Gasteiger partial charge in [0.05, 0.1) is 5.41 Å². The molecule has 0 spiro atoms. The Kier molecular flexibility index (Phi) is 8.14. The highest BCUT2D eigenvalue weighted by Gasteiger charge is 2.73. The van der Waals surface area contributed by atoms with Crippen LogP contribution in [0.4, 0.5) is 13.2 Å². The largest absolute Gasteiger partial charge is 0.355 e. The van der Waals surface area contributed by atoms with Crippen molar-refractivity contribution in [1.82, 2.24) is 10.6 Å². The van der Waals surface area contributed by atoms with Crippen molar-refractivity contribution in [2.45, 2.75) is 49.9 Å². The predicted molar refractivity (Wildman–Crippen MR) is 160 cm³/mol. The summed E-state index contributed by atoms with van der Waals surface area (Å²) >= 11 is 0. The fraction of sp³-hybridized carbons (Fsp3) is 0.457. The highest BCUT2D eigenvalue weighted by Crippen LogP contribution is 2.76. The molecule has 1 heterocycles. The predicted octanol–water partition coefficient (Wildman–Crippen LogP) is 7.34. The van der Waals surface area contributed by atoms with E-state index >= 15 is 0 Å². The van der Waals surface area contributed by atoms with Crippen molar-refractivity contribution in [2.75, 3.05) is 19.6 Å². The monoisotopic (exact) mass is 594 g/mol. The maximum Gasteiger partial charge on any atom is 0.227 e. The lowest BCUT2D eigenvalue weighted by Crippen LogP contribution is -2.49. The Balaban J connectivity index is 0.00000316. The minimum Gasteiger partial charge on any atom is -0.355 e. The van der Waals surface area contributed by atoms with Crippen molar-refractivity contribution in [3.63, 3.8) is 0 Å². The number of carbonyl (C=O) groups excluding carboxylic acids is 1. The van der Waals surface area contributed by atoms with Crippen molar-refractivity contribution < 1.29 is 18.0 Å². The molecule has 7 heteroatoms. The van der Waals surface area contributed by atoms with E-state index in [1.165, 1.54) is 36.4 Å². The molecule has 4 fully saturated rings. The minimum absolute atomic E-state index is 0. The molecule has 3 saturated carbocycles. The molecule has 3 aromatic rings. The Morgan fingerprint density at radius 3 is 1.38 bits per heavy atom. The summed E-state index contributed by atoms with van der Waals surface area (Å²) in [7, 11) is 0. The SMILES string of the molecule is Cl.O=C(NCC1CCNCC1)C(C1CC1c1ccc(F)cc1)(C1CC1c1ccc(F)cc1)C1CC1c1ccc(F)cc1. The average molecular weight is 595 g/mol. The van der Waals surface area contributed by atoms with Gasteiger partial charge in [-0.3, -0.25) is 4.79 Å². The molecule has 1 saturated heterocycles. The smallest absolute Gasteiger partial charge is 0.227 e. The van der Waals surface area contributed by atoms with Gasteiger partial charge in [-0.05, 0) is 140 Å². The Hall–Kier alpha value is -2.83. The van der Waals surface area contributed by atoms with Crippen molar-refractivity contribution in [3.8, 4) is 0 Å². The zero-order valence-electron chi connectivity index (χ0n) is 23.6. The van der Waals surface area contributed by atoms with Gasteiger partial charge in [0.1, 0.15) is 17.5 Å². The van der Waals surface area contributed by atoms with E-state index in [1.54, 1.807) is 0 Å². The second kappa shape index (κ2) is 11.7. The highest BCUT2D eigenvalue weighted by atomic mass is 35.5. The number of rotatable bonds is 9. The van der Waals surface area contributed by atoms with Gasteiger partial charge >= 0.3 is 0 Å². The number of hydrogen-bond acceptors (Lipinski definition) is 2. The van der Waals surface area contributed by atoms with E-state index < -0.39 is 5.41 Å². The normalized spacial score (nSPS) is 29.6. The molecular weight excluding hydrogens is 557 g/mol. The van der Waals surface area contributed by atoms with Crippen molar-refractivity contribution in [3.05, 3.63) is 107 Å². The zero-order valence-corrected chi connectivity index (χ0v) is 24.4. The van der Waals surface area contributed by atoms with Crippen LogP contribution in [0.15, 0.2) is 72.8 Å². The van der Waals surface area contributed by atoms with Crippen LogP contribution in [-0.2, 0) is 4.79 Å². The lowest BCUT2D eigenvalue weighted by Gasteiger charge is -2.36. The lowest BCUT2D eigenvalue weighted by molar-refractivity contribution is -0.136. The molecule has 3 aromatic carbocycles. The molecular formula is C35H38ClF3N2O. The number of piperidine rings is 1. The molecule has 4 aliphatic rings. The van der Waals surface area contributed by atoms with Crippen LogP contribution in [0.25, 0.3) is 0 Å². The van der Waals surface area contributed by atoms with Crippen LogP contribution in [-0.4, -0.2) is 25.5 Å². The number of nitrogens with one attached hydrogen (secondary N) is 2. The van der Waals surface area contributed by atoms with Crippen LogP contribution in [0.1, 0.15) is 66.5 Å². The van der Waals surface area contributed by atoms with E-state index in [2.05, 4.69) is 10.6 Å². The van der Waals surface area contributed by atoms with Crippen LogP contribution in [0.5, 0.6) is 0 Å². The van der Waals surface area contributed by atoms with Crippen LogP contribution in [0.2, 0.25) is 0 Å². The van der Waals surface area contributed by atoms with Gasteiger partial charge in [-0.15, -0.1) is 12.4 Å². The number of carbonyl (C=O) groups is 1. The van der Waals surface area contributed by atoms with Crippen LogP contribution in [0.3, 0.4) is 0 Å². The van der Waals surface area contributed by atoms with Crippen molar-refractivity contribution in [2.24, 2.45) is 29.1 Å². The first-order valence-electron chi connectivity index (χ1n) is 15.2. The van der Waals surface area contributed by atoms with Gasteiger partial charge in [0.2, 0.25) is 5.91 Å². The molecule has 6 atom stereocenters. The van der Waals surface area contributed by atoms with Gasteiger partial charge in [-0.1, -0.05) is 36.4 Å². The molecule has 42 heavy (non-hydrogen) atoms. The summed E-state index contributed by atoms with van der Waals surface area (Å²) < 4.78 is 41.4. The first-order chi connectivity index (χ1) is 19.9. The van der Waals surface area contributed by atoms with Gasteiger partial charge in [0, 0.05) is 6.54 Å². The fourth-order valence-electron chi connectivity index (χ4n) is 8.21. The number of amides is 1. The Morgan fingerprint density at radius 1 is 0.667 bits per heavy atom. The Morgan fingerprint density at radius 2 is 1.02 bits per heavy atom. The number of halogens is 4. The summed E-state index contributed by atoms with van der Waals surface area (Å²) in [6, 6.07) is 20.3. The number of hydrogen-bond donors (Lipinski definition) is 2. The second-order valence-electron chi connectivity index (χ2n) is 12.8. The van der Waals surface area contributed by atoms with Gasteiger partial charge < -0.3 is 10.6 Å². The maximum atomic E-state index is 14.7. The lowest BCUT2D eigenvalue weighted by atomic mass is 9.68. The molecule has 0 bridgehead atoms. The third-order valence-electron chi connectivity index (χ3n) is 10.5. The van der Waals surface area contributed by atoms with E-state index in [-0.39, 0.29) is 71.3 Å². The van der Waals surface area contributed by atoms with E-state index in [4.69, 9.17) is 0 Å². The van der Waals surface area contributed by atoms with Crippen molar-refractivity contribution >= 4 is 18.3 Å². The van der Waals surface area contributed by atoms with Gasteiger partial charge in [0.25, 0.3) is 0 Å². The Labute approximate surface area is 252 Å². The van der Waals surface area contributed by atoms with E-state index in [9.17, 15) is 18.0 Å². The molecule has 7 rings (SSSR count). The molecule has 222 valence electrons. The van der Waals surface area contributed by atoms with Gasteiger partial charge in [0.15, 0.2) is 0 Å². The zero-order chi connectivity index (χ0) is 28.1. The third-order valence-corrected chi connectivity index (χ3v) is 10.5. The third kappa shape index (κ3) is 5.48. The number of benzene rings is 3. The van der Waals surface area contributed by atoms with Crippen LogP contribution in [0, 0.1) is 46.5 Å². The maximum absolute atomic E-state index is 14.7. The van der Waals surface area contributed by atoms with Gasteiger partial charge in [-0.2, -0.15) is 0 Å². The fourth-order valence-corrected chi connectivity index (χ4v) is 8.21. The quantitative estimate of drug-likeness (QED) is 0.272. The van der Waals surface area contributed by atoms with E-state index in [0.717, 1.165) is 61.9 Å². The summed E-state index contributed by atoms with van der Waals surface area (Å²) in [6.07, 6.45) is 4.79. The van der Waals surface area contributed by atoms with Crippen LogP contribution >= 0.6 is 12.4 Å². The van der Waals surface area contributed by atoms with E-state index in [0.29, 0.717) is 12.5 Å². The second-order valence-corrected chi connectivity index (χ2v) is 12.8. The summed E-state index contributed by atoms with van der Waals surface area (Å²) in [5, 5.41) is 6.86. The first-order valence-corrected chi connectivity index (χ1v) is 15.2. The topological polar surface area (TPSA) is 41.1 Å². The van der Waals surface area contributed by atoms with E-state index in [1.807, 2.05) is 36.4 Å². The van der Waals surface area contributed by atoms with Crippen LogP contribution < -0.4 is 10.6 Å². The summed E-state index contributed by atoms with van der Waals surface area (Å²) in [5.41, 5.74) is 2.67. The van der Waals surface area contributed by atoms with Crippen molar-refractivity contribution in [1.29, 1.82) is 0 Å². The minimum atomic E-state index is -0.593. The molecule has 2 N–H and O–H groups in total. The summed E-state index contributed by atoms with van der Waals surface area (Å²) in [4.78, 5) is 14.7. The molecule has 1 amide bonds.